The maximum absolute atomic E-state index is 12.6. The predicted octanol–water partition coefficient (Wildman–Crippen LogP) is 4.84. The number of carboxylic acids is 1. The Labute approximate surface area is 182 Å². The third-order valence-electron chi connectivity index (χ3n) is 4.68. The van der Waals surface area contributed by atoms with Crippen LogP contribution in [0.25, 0.3) is 0 Å². The van der Waals surface area contributed by atoms with Crippen molar-refractivity contribution in [2.75, 3.05) is 0 Å². The number of ether oxygens (including phenoxy) is 1. The summed E-state index contributed by atoms with van der Waals surface area (Å²) in [5.41, 5.74) is 1.18. The molecule has 0 spiro atoms. The van der Waals surface area contributed by atoms with Gasteiger partial charge < -0.3 is 15.2 Å². The van der Waals surface area contributed by atoms with Gasteiger partial charge in [-0.3, -0.25) is 4.79 Å². The van der Waals surface area contributed by atoms with Gasteiger partial charge in [-0.25, -0.2) is 4.79 Å². The fourth-order valence-electron chi connectivity index (χ4n) is 3.02. The second kappa shape index (κ2) is 10.00. The summed E-state index contributed by atoms with van der Waals surface area (Å²) in [5.74, 6) is -0.848. The van der Waals surface area contributed by atoms with E-state index in [0.717, 1.165) is 12.1 Å². The Morgan fingerprint density at radius 1 is 0.906 bits per heavy atom. The number of halogens is 3. The quantitative estimate of drug-likeness (QED) is 0.522. The molecular weight excluding hydrogens is 423 g/mol. The number of rotatable bonds is 8. The van der Waals surface area contributed by atoms with Crippen LogP contribution in [0.1, 0.15) is 32.6 Å². The van der Waals surface area contributed by atoms with E-state index in [2.05, 4.69) is 5.32 Å². The van der Waals surface area contributed by atoms with Crippen LogP contribution in [0.3, 0.4) is 0 Å². The summed E-state index contributed by atoms with van der Waals surface area (Å²) in [6.07, 6.45) is -4.34. The van der Waals surface area contributed by atoms with Gasteiger partial charge in [0.05, 0.1) is 17.5 Å². The molecule has 166 valence electrons. The largest absolute Gasteiger partial charge is 0.489 e. The first-order valence-corrected chi connectivity index (χ1v) is 9.68. The SMILES string of the molecule is O=C(Cc1cccc(OCc2ccccc2C(=O)O)c1)NCc1ccc(C(F)(F)F)cc1. The number of hydrogen-bond acceptors (Lipinski definition) is 3. The van der Waals surface area contributed by atoms with Gasteiger partial charge in [-0.15, -0.1) is 0 Å². The van der Waals surface area contributed by atoms with Crippen LogP contribution < -0.4 is 10.1 Å². The molecule has 0 aliphatic rings. The summed E-state index contributed by atoms with van der Waals surface area (Å²) in [5, 5.41) is 11.9. The lowest BCUT2D eigenvalue weighted by Crippen LogP contribution is -2.24. The molecule has 0 aromatic heterocycles. The molecule has 1 amide bonds. The minimum Gasteiger partial charge on any atom is -0.489 e. The Balaban J connectivity index is 1.54. The van der Waals surface area contributed by atoms with E-state index in [0.29, 0.717) is 22.4 Å². The third kappa shape index (κ3) is 6.34. The molecule has 5 nitrogen and oxygen atoms in total. The van der Waals surface area contributed by atoms with Gasteiger partial charge in [-0.05, 0) is 41.5 Å². The molecule has 0 unspecified atom stereocenters. The fourth-order valence-corrected chi connectivity index (χ4v) is 3.02. The first-order valence-electron chi connectivity index (χ1n) is 9.68. The lowest BCUT2D eigenvalue weighted by atomic mass is 10.1. The number of aromatic carboxylic acids is 1. The number of carbonyl (C=O) groups excluding carboxylic acids is 1. The van der Waals surface area contributed by atoms with Crippen LogP contribution in [0.15, 0.2) is 72.8 Å². The Kier molecular flexibility index (Phi) is 7.14. The highest BCUT2D eigenvalue weighted by Crippen LogP contribution is 2.29. The molecule has 32 heavy (non-hydrogen) atoms. The molecular formula is C24H20F3NO4. The number of benzene rings is 3. The molecule has 0 radical (unpaired) electrons. The van der Waals surface area contributed by atoms with E-state index in [1.165, 1.54) is 18.2 Å². The lowest BCUT2D eigenvalue weighted by Gasteiger charge is -2.11. The Bertz CT molecular complexity index is 1090. The zero-order chi connectivity index (χ0) is 23.1. The van der Waals surface area contributed by atoms with Gasteiger partial charge in [0.25, 0.3) is 0 Å². The van der Waals surface area contributed by atoms with Gasteiger partial charge in [-0.2, -0.15) is 13.2 Å². The van der Waals surface area contributed by atoms with E-state index in [-0.39, 0.29) is 31.0 Å². The van der Waals surface area contributed by atoms with Crippen molar-refractivity contribution in [1.29, 1.82) is 0 Å². The van der Waals surface area contributed by atoms with E-state index in [4.69, 9.17) is 4.74 Å². The van der Waals surface area contributed by atoms with Crippen molar-refractivity contribution in [3.8, 4) is 5.75 Å². The molecule has 3 aromatic carbocycles. The van der Waals surface area contributed by atoms with Gasteiger partial charge in [-0.1, -0.05) is 42.5 Å². The first kappa shape index (κ1) is 22.9. The molecule has 0 heterocycles. The number of amides is 1. The summed E-state index contributed by atoms with van der Waals surface area (Å²) >= 11 is 0. The summed E-state index contributed by atoms with van der Waals surface area (Å²) in [7, 11) is 0. The Hall–Kier alpha value is -3.81. The molecule has 0 fully saturated rings. The van der Waals surface area contributed by atoms with Crippen LogP contribution in [0.5, 0.6) is 5.75 Å². The molecule has 0 aliphatic carbocycles. The van der Waals surface area contributed by atoms with Crippen LogP contribution in [-0.4, -0.2) is 17.0 Å². The molecule has 0 saturated carbocycles. The average Bonchev–Trinajstić information content (AvgIpc) is 2.76. The first-order chi connectivity index (χ1) is 15.2. The van der Waals surface area contributed by atoms with Crippen molar-refractivity contribution in [1.82, 2.24) is 5.32 Å². The highest BCUT2D eigenvalue weighted by molar-refractivity contribution is 5.89. The van der Waals surface area contributed by atoms with Gasteiger partial charge >= 0.3 is 12.1 Å². The molecule has 8 heteroatoms. The summed E-state index contributed by atoms with van der Waals surface area (Å²) in [4.78, 5) is 23.5. The van der Waals surface area contributed by atoms with Crippen molar-refractivity contribution >= 4 is 11.9 Å². The molecule has 3 rings (SSSR count). The summed E-state index contributed by atoms with van der Waals surface area (Å²) < 4.78 is 43.5. The van der Waals surface area contributed by atoms with E-state index in [1.54, 1.807) is 42.5 Å². The molecule has 0 atom stereocenters. The van der Waals surface area contributed by atoms with Gasteiger partial charge in [0.1, 0.15) is 12.4 Å². The number of carboxylic acid groups (broad SMARTS) is 1. The second-order valence-corrected chi connectivity index (χ2v) is 7.05. The van der Waals surface area contributed by atoms with Crippen molar-refractivity contribution < 1.29 is 32.6 Å². The standard InChI is InChI=1S/C24H20F3NO4/c25-24(26,27)19-10-8-16(9-11-19)14-28-22(29)13-17-4-3-6-20(12-17)32-15-18-5-1-2-7-21(18)23(30)31/h1-12H,13-15H2,(H,28,29)(H,30,31). The van der Waals surface area contributed by atoms with Crippen LogP contribution in [0.4, 0.5) is 13.2 Å². The minimum absolute atomic E-state index is 0.0591. The number of nitrogens with one attached hydrogen (secondary N) is 1. The van der Waals surface area contributed by atoms with E-state index >= 15 is 0 Å². The van der Waals surface area contributed by atoms with Gasteiger partial charge in [0.2, 0.25) is 5.91 Å². The summed E-state index contributed by atoms with van der Waals surface area (Å²) in [6, 6.07) is 18.0. The Morgan fingerprint density at radius 2 is 1.62 bits per heavy atom. The fraction of sp³-hybridized carbons (Fsp3) is 0.167. The number of alkyl halides is 3. The molecule has 0 saturated heterocycles. The maximum atomic E-state index is 12.6. The summed E-state index contributed by atoms with van der Waals surface area (Å²) in [6.45, 7) is 0.172. The molecule has 0 bridgehead atoms. The normalized spacial score (nSPS) is 11.1. The van der Waals surface area contributed by atoms with Crippen molar-refractivity contribution in [2.24, 2.45) is 0 Å². The monoisotopic (exact) mass is 443 g/mol. The number of carbonyl (C=O) groups is 2. The zero-order valence-corrected chi connectivity index (χ0v) is 16.9. The van der Waals surface area contributed by atoms with Crippen molar-refractivity contribution in [3.05, 3.63) is 101 Å². The average molecular weight is 443 g/mol. The molecule has 0 aliphatic heterocycles. The highest BCUT2D eigenvalue weighted by Gasteiger charge is 2.29. The smallest absolute Gasteiger partial charge is 0.416 e. The van der Waals surface area contributed by atoms with Crippen LogP contribution in [0.2, 0.25) is 0 Å². The maximum Gasteiger partial charge on any atom is 0.416 e. The van der Waals surface area contributed by atoms with Crippen LogP contribution in [0, 0.1) is 0 Å². The van der Waals surface area contributed by atoms with Crippen LogP contribution >= 0.6 is 0 Å². The molecule has 3 aromatic rings. The van der Waals surface area contributed by atoms with E-state index in [9.17, 15) is 27.9 Å². The van der Waals surface area contributed by atoms with Crippen molar-refractivity contribution in [3.63, 3.8) is 0 Å². The van der Waals surface area contributed by atoms with Crippen LogP contribution in [-0.2, 0) is 30.5 Å². The lowest BCUT2D eigenvalue weighted by molar-refractivity contribution is -0.137. The van der Waals surface area contributed by atoms with E-state index < -0.39 is 17.7 Å². The van der Waals surface area contributed by atoms with Gasteiger partial charge in [0, 0.05) is 12.1 Å². The second-order valence-electron chi connectivity index (χ2n) is 7.05. The Morgan fingerprint density at radius 3 is 2.31 bits per heavy atom. The third-order valence-corrected chi connectivity index (χ3v) is 4.68. The van der Waals surface area contributed by atoms with E-state index in [1.807, 2.05) is 0 Å². The zero-order valence-electron chi connectivity index (χ0n) is 16.9. The highest BCUT2D eigenvalue weighted by atomic mass is 19.4. The number of hydrogen-bond donors (Lipinski definition) is 2. The molecule has 2 N–H and O–H groups in total. The van der Waals surface area contributed by atoms with Gasteiger partial charge in [0.15, 0.2) is 0 Å². The predicted molar refractivity (Wildman–Crippen MR) is 111 cm³/mol. The van der Waals surface area contributed by atoms with Crippen molar-refractivity contribution in [2.45, 2.75) is 25.7 Å². The minimum atomic E-state index is -4.40. The topological polar surface area (TPSA) is 75.6 Å².